The molecule has 0 fully saturated rings. The van der Waals surface area contributed by atoms with Crippen LogP contribution in [0.4, 0.5) is 11.5 Å². The van der Waals surface area contributed by atoms with Crippen LogP contribution in [0.15, 0.2) is 48.5 Å². The summed E-state index contributed by atoms with van der Waals surface area (Å²) in [6, 6.07) is 16.0. The first-order chi connectivity index (χ1) is 13.7. The molecule has 0 saturated heterocycles. The molecule has 7 nitrogen and oxygen atoms in total. The third-order valence-corrected chi connectivity index (χ3v) is 4.23. The molecule has 0 amide bonds. The van der Waals surface area contributed by atoms with Gasteiger partial charge in [-0.3, -0.25) is 0 Å². The van der Waals surface area contributed by atoms with E-state index in [1.807, 2.05) is 60.5 Å². The van der Waals surface area contributed by atoms with Crippen LogP contribution in [0.25, 0.3) is 10.9 Å². The van der Waals surface area contributed by atoms with Crippen molar-refractivity contribution in [2.75, 3.05) is 52.6 Å². The molecule has 28 heavy (non-hydrogen) atoms. The number of nitrogens with zero attached hydrogens (tertiary/aromatic N) is 3. The summed E-state index contributed by atoms with van der Waals surface area (Å²) < 4.78 is 21.3. The van der Waals surface area contributed by atoms with Crippen molar-refractivity contribution in [1.29, 1.82) is 0 Å². The van der Waals surface area contributed by atoms with Crippen molar-refractivity contribution in [2.45, 2.75) is 0 Å². The number of aromatic nitrogens is 2. The molecule has 3 aromatic rings. The van der Waals surface area contributed by atoms with Gasteiger partial charge in [-0.05, 0) is 36.4 Å². The highest BCUT2D eigenvalue weighted by Gasteiger charge is 2.14. The number of para-hydroxylation sites is 1. The number of ether oxygens (including phenoxy) is 4. The second kappa shape index (κ2) is 9.87. The quantitative estimate of drug-likeness (QED) is 0.497. The zero-order chi connectivity index (χ0) is 19.8. The van der Waals surface area contributed by atoms with Crippen LogP contribution < -0.4 is 14.4 Å². The molecule has 0 spiro atoms. The Morgan fingerprint density at radius 3 is 2.36 bits per heavy atom. The van der Waals surface area contributed by atoms with Crippen molar-refractivity contribution in [2.24, 2.45) is 0 Å². The third-order valence-electron chi connectivity index (χ3n) is 4.23. The predicted molar refractivity (Wildman–Crippen MR) is 109 cm³/mol. The van der Waals surface area contributed by atoms with Crippen LogP contribution in [-0.4, -0.2) is 57.7 Å². The highest BCUT2D eigenvalue weighted by atomic mass is 16.5. The maximum Gasteiger partial charge on any atom is 0.319 e. The van der Waals surface area contributed by atoms with Gasteiger partial charge in [-0.1, -0.05) is 12.1 Å². The molecule has 0 unspecified atom stereocenters. The fourth-order valence-corrected chi connectivity index (χ4v) is 2.72. The monoisotopic (exact) mass is 383 g/mol. The third kappa shape index (κ3) is 4.88. The van der Waals surface area contributed by atoms with Gasteiger partial charge >= 0.3 is 6.01 Å². The van der Waals surface area contributed by atoms with Crippen LogP contribution in [0.1, 0.15) is 0 Å². The van der Waals surface area contributed by atoms with Crippen molar-refractivity contribution in [1.82, 2.24) is 9.97 Å². The average Bonchev–Trinajstić information content (AvgIpc) is 2.75. The Hall–Kier alpha value is -2.90. The Balaban J connectivity index is 1.81. The summed E-state index contributed by atoms with van der Waals surface area (Å²) in [5.41, 5.74) is 1.81. The summed E-state index contributed by atoms with van der Waals surface area (Å²) in [5.74, 6) is 1.58. The molecule has 0 aliphatic rings. The maximum atomic E-state index is 5.72. The number of benzene rings is 2. The first kappa shape index (κ1) is 19.9. The maximum absolute atomic E-state index is 5.72. The molecular formula is C21H25N3O4. The highest BCUT2D eigenvalue weighted by molar-refractivity contribution is 5.91. The average molecular weight is 383 g/mol. The zero-order valence-corrected chi connectivity index (χ0v) is 16.4. The molecular weight excluding hydrogens is 358 g/mol. The van der Waals surface area contributed by atoms with Crippen molar-refractivity contribution in [3.05, 3.63) is 48.5 Å². The molecule has 0 aliphatic heterocycles. The van der Waals surface area contributed by atoms with E-state index in [-0.39, 0.29) is 0 Å². The minimum atomic E-state index is 0.324. The Morgan fingerprint density at radius 2 is 1.61 bits per heavy atom. The summed E-state index contributed by atoms with van der Waals surface area (Å²) >= 11 is 0. The molecule has 0 aliphatic carbocycles. The smallest absolute Gasteiger partial charge is 0.319 e. The fourth-order valence-electron chi connectivity index (χ4n) is 2.72. The lowest BCUT2D eigenvalue weighted by Crippen LogP contribution is -2.15. The lowest BCUT2D eigenvalue weighted by atomic mass is 10.2. The summed E-state index contributed by atoms with van der Waals surface area (Å²) in [5, 5.41) is 0.949. The molecule has 2 aromatic carbocycles. The molecule has 7 heteroatoms. The number of rotatable bonds is 10. The van der Waals surface area contributed by atoms with E-state index >= 15 is 0 Å². The Kier molecular flexibility index (Phi) is 7.00. The van der Waals surface area contributed by atoms with Crippen molar-refractivity contribution >= 4 is 22.4 Å². The summed E-state index contributed by atoms with van der Waals surface area (Å²) in [6.45, 7) is 1.91. The first-order valence-electron chi connectivity index (χ1n) is 9.07. The number of anilines is 2. The molecule has 3 rings (SSSR count). The Morgan fingerprint density at radius 1 is 0.857 bits per heavy atom. The molecule has 0 bridgehead atoms. The van der Waals surface area contributed by atoms with Gasteiger partial charge in [0.25, 0.3) is 0 Å². The first-order valence-corrected chi connectivity index (χ1v) is 9.07. The number of hydrogen-bond acceptors (Lipinski definition) is 7. The number of methoxy groups -OCH3 is 2. The summed E-state index contributed by atoms with van der Waals surface area (Å²) in [4.78, 5) is 11.2. The Labute approximate surface area is 164 Å². The van der Waals surface area contributed by atoms with E-state index in [1.54, 1.807) is 14.2 Å². The number of hydrogen-bond donors (Lipinski definition) is 0. The number of fused-ring (bicyclic) bond motifs is 1. The minimum Gasteiger partial charge on any atom is -0.497 e. The molecule has 0 N–H and O–H groups in total. The van der Waals surface area contributed by atoms with Gasteiger partial charge in [-0.25, -0.2) is 0 Å². The minimum absolute atomic E-state index is 0.324. The second-order valence-electron chi connectivity index (χ2n) is 6.06. The van der Waals surface area contributed by atoms with Crippen LogP contribution >= 0.6 is 0 Å². The van der Waals surface area contributed by atoms with E-state index in [4.69, 9.17) is 18.9 Å². The molecule has 0 atom stereocenters. The van der Waals surface area contributed by atoms with E-state index < -0.39 is 0 Å². The molecule has 1 aromatic heterocycles. The summed E-state index contributed by atoms with van der Waals surface area (Å²) in [7, 11) is 5.26. The van der Waals surface area contributed by atoms with Gasteiger partial charge in [0.15, 0.2) is 0 Å². The molecule has 148 valence electrons. The van der Waals surface area contributed by atoms with Gasteiger partial charge in [0.1, 0.15) is 18.2 Å². The Bertz CT molecular complexity index is 886. The SMILES string of the molecule is COCCOCCOc1nc(N(C)c2ccc(OC)cc2)c2ccccc2n1. The lowest BCUT2D eigenvalue weighted by molar-refractivity contribution is 0.0529. The van der Waals surface area contributed by atoms with Crippen molar-refractivity contribution < 1.29 is 18.9 Å². The van der Waals surface area contributed by atoms with E-state index in [2.05, 4.69) is 9.97 Å². The van der Waals surface area contributed by atoms with Gasteiger partial charge < -0.3 is 23.8 Å². The van der Waals surface area contributed by atoms with Gasteiger partial charge in [0, 0.05) is 25.2 Å². The van der Waals surface area contributed by atoms with Crippen molar-refractivity contribution in [3.8, 4) is 11.8 Å². The van der Waals surface area contributed by atoms with Crippen LogP contribution in [0.2, 0.25) is 0 Å². The van der Waals surface area contributed by atoms with Gasteiger partial charge in [0.2, 0.25) is 0 Å². The van der Waals surface area contributed by atoms with Crippen LogP contribution in [0.3, 0.4) is 0 Å². The van der Waals surface area contributed by atoms with E-state index in [0.29, 0.717) is 32.4 Å². The normalized spacial score (nSPS) is 10.8. The van der Waals surface area contributed by atoms with Crippen LogP contribution in [0, 0.1) is 0 Å². The largest absolute Gasteiger partial charge is 0.497 e. The molecule has 0 radical (unpaired) electrons. The van der Waals surface area contributed by atoms with Gasteiger partial charge in [-0.15, -0.1) is 0 Å². The molecule has 1 heterocycles. The lowest BCUT2D eigenvalue weighted by Gasteiger charge is -2.21. The van der Waals surface area contributed by atoms with E-state index in [0.717, 1.165) is 28.2 Å². The predicted octanol–water partition coefficient (Wildman–Crippen LogP) is 3.45. The summed E-state index contributed by atoms with van der Waals surface area (Å²) in [6.07, 6.45) is 0. The zero-order valence-electron chi connectivity index (χ0n) is 16.4. The van der Waals surface area contributed by atoms with Crippen molar-refractivity contribution in [3.63, 3.8) is 0 Å². The van der Waals surface area contributed by atoms with Gasteiger partial charge in [-0.2, -0.15) is 9.97 Å². The second-order valence-corrected chi connectivity index (χ2v) is 6.06. The topological polar surface area (TPSA) is 65.9 Å². The van der Waals surface area contributed by atoms with Crippen LogP contribution in [0.5, 0.6) is 11.8 Å². The highest BCUT2D eigenvalue weighted by Crippen LogP contribution is 2.31. The van der Waals surface area contributed by atoms with E-state index in [1.165, 1.54) is 0 Å². The van der Waals surface area contributed by atoms with Gasteiger partial charge in [0.05, 0.1) is 32.4 Å². The van der Waals surface area contributed by atoms with Crippen LogP contribution in [-0.2, 0) is 9.47 Å². The molecule has 0 saturated carbocycles. The van der Waals surface area contributed by atoms with E-state index in [9.17, 15) is 0 Å². The standard InChI is InChI=1S/C21H25N3O4/c1-24(16-8-10-17(26-3)11-9-16)20-18-6-4-5-7-19(18)22-21(23-20)28-15-14-27-13-12-25-2/h4-11H,12-15H2,1-3H3. The fraction of sp³-hybridized carbons (Fsp3) is 0.333.